The third kappa shape index (κ3) is 3.44. The molecule has 0 unspecified atom stereocenters. The predicted molar refractivity (Wildman–Crippen MR) is 31.4 cm³/mol. The van der Waals surface area contributed by atoms with Crippen LogP contribution in [-0.4, -0.2) is 11.0 Å². The van der Waals surface area contributed by atoms with Gasteiger partial charge >= 0.3 is 0 Å². The lowest BCUT2D eigenvalue weighted by atomic mass is 10.2. The van der Waals surface area contributed by atoms with Gasteiger partial charge in [0.15, 0.2) is 11.7 Å². The van der Waals surface area contributed by atoms with E-state index in [1.807, 2.05) is 6.92 Å². The number of aliphatic hydroxyl groups is 1. The van der Waals surface area contributed by atoms with Crippen LogP contribution in [0, 0.1) is 0 Å². The van der Waals surface area contributed by atoms with E-state index in [9.17, 15) is 4.79 Å². The molecule has 0 fully saturated rings. The van der Waals surface area contributed by atoms with Crippen molar-refractivity contribution >= 4 is 5.94 Å². The maximum Gasteiger partial charge on any atom is 0.176 e. The highest BCUT2D eigenvalue weighted by Crippen LogP contribution is 1.98. The Labute approximate surface area is 48.8 Å². The first kappa shape index (κ1) is 7.25. The van der Waals surface area contributed by atoms with Crippen LogP contribution in [0.3, 0.4) is 0 Å². The largest absolute Gasteiger partial charge is 0.502 e. The molecule has 8 heavy (non-hydrogen) atoms. The summed E-state index contributed by atoms with van der Waals surface area (Å²) in [6.45, 7) is 2.00. The maximum atomic E-state index is 9.60. The zero-order valence-corrected chi connectivity index (χ0v) is 4.98. The molecular weight excluding hydrogens is 104 g/mol. The quantitative estimate of drug-likeness (QED) is 0.445. The molecule has 0 aromatic heterocycles. The summed E-state index contributed by atoms with van der Waals surface area (Å²) in [6.07, 6.45) is 2.33. The van der Waals surface area contributed by atoms with Gasteiger partial charge in [0.2, 0.25) is 0 Å². The smallest absolute Gasteiger partial charge is 0.176 e. The maximum absolute atomic E-state index is 9.60. The van der Waals surface area contributed by atoms with Gasteiger partial charge in [0.05, 0.1) is 0 Å². The number of carbonyl (C=O) groups excluding carboxylic acids is 1. The second kappa shape index (κ2) is 4.41. The Kier molecular flexibility index (Phi) is 4.00. The van der Waals surface area contributed by atoms with Gasteiger partial charge in [0.25, 0.3) is 0 Å². The number of aliphatic hydroxyl groups excluding tert-OH is 1. The van der Waals surface area contributed by atoms with Gasteiger partial charge in [-0.15, -0.1) is 0 Å². The van der Waals surface area contributed by atoms with E-state index in [0.29, 0.717) is 6.42 Å². The molecule has 0 aliphatic heterocycles. The third-order valence-electron chi connectivity index (χ3n) is 0.885. The predicted octanol–water partition coefficient (Wildman–Crippen LogP) is 1.45. The Hall–Kier alpha value is -0.750. The van der Waals surface area contributed by atoms with Gasteiger partial charge in [-0.3, -0.25) is 0 Å². The minimum Gasteiger partial charge on any atom is -0.502 e. The molecule has 0 aliphatic rings. The Morgan fingerprint density at radius 2 is 2.38 bits per heavy atom. The highest BCUT2D eigenvalue weighted by atomic mass is 16.3. The van der Waals surface area contributed by atoms with Crippen LogP contribution in [0.2, 0.25) is 0 Å². The topological polar surface area (TPSA) is 37.3 Å². The molecule has 2 nitrogen and oxygen atoms in total. The minimum atomic E-state index is -0.160. The molecule has 0 aliphatic carbocycles. The SMILES string of the molecule is CCCCC(O)=C=O. The van der Waals surface area contributed by atoms with Crippen LogP contribution in [0.15, 0.2) is 5.76 Å². The highest BCUT2D eigenvalue weighted by molar-refractivity contribution is 5.48. The van der Waals surface area contributed by atoms with E-state index in [4.69, 9.17) is 5.11 Å². The lowest BCUT2D eigenvalue weighted by Crippen LogP contribution is -1.80. The Bertz CT molecular complexity index is 101. The normalized spacial score (nSPS) is 8.12. The van der Waals surface area contributed by atoms with Crippen molar-refractivity contribution in [1.29, 1.82) is 0 Å². The van der Waals surface area contributed by atoms with Crippen molar-refractivity contribution in [2.24, 2.45) is 0 Å². The van der Waals surface area contributed by atoms with Crippen molar-refractivity contribution in [2.45, 2.75) is 26.2 Å². The summed E-state index contributed by atoms with van der Waals surface area (Å²) in [7, 11) is 0. The van der Waals surface area contributed by atoms with Crippen LogP contribution in [0.1, 0.15) is 26.2 Å². The first-order chi connectivity index (χ1) is 3.81. The van der Waals surface area contributed by atoms with Crippen molar-refractivity contribution < 1.29 is 9.90 Å². The van der Waals surface area contributed by atoms with E-state index in [-0.39, 0.29) is 5.76 Å². The van der Waals surface area contributed by atoms with E-state index < -0.39 is 0 Å². The van der Waals surface area contributed by atoms with Gasteiger partial charge in [0.1, 0.15) is 0 Å². The highest BCUT2D eigenvalue weighted by Gasteiger charge is 1.89. The van der Waals surface area contributed by atoms with Crippen molar-refractivity contribution in [3.05, 3.63) is 5.76 Å². The zero-order valence-electron chi connectivity index (χ0n) is 4.98. The van der Waals surface area contributed by atoms with Gasteiger partial charge in [0, 0.05) is 6.42 Å². The number of allylic oxidation sites excluding steroid dienone is 1. The molecule has 0 atom stereocenters. The molecule has 0 aromatic rings. The summed E-state index contributed by atoms with van der Waals surface area (Å²) in [5.74, 6) is 1.26. The summed E-state index contributed by atoms with van der Waals surface area (Å²) in [6, 6.07) is 0. The van der Waals surface area contributed by atoms with Gasteiger partial charge < -0.3 is 5.11 Å². The zero-order chi connectivity index (χ0) is 6.41. The average Bonchev–Trinajstić information content (AvgIpc) is 1.83. The third-order valence-corrected chi connectivity index (χ3v) is 0.885. The molecular formula is C6H10O2. The fourth-order valence-electron chi connectivity index (χ4n) is 0.395. The summed E-state index contributed by atoms with van der Waals surface area (Å²) < 4.78 is 0. The molecule has 0 rings (SSSR count). The van der Waals surface area contributed by atoms with E-state index in [2.05, 4.69) is 0 Å². The van der Waals surface area contributed by atoms with Crippen LogP contribution in [0.25, 0.3) is 0 Å². The fraction of sp³-hybridized carbons (Fsp3) is 0.667. The molecule has 0 radical (unpaired) electrons. The Morgan fingerprint density at radius 1 is 1.75 bits per heavy atom. The van der Waals surface area contributed by atoms with E-state index in [1.54, 1.807) is 0 Å². The molecule has 0 amide bonds. The molecule has 0 saturated carbocycles. The lowest BCUT2D eigenvalue weighted by Gasteiger charge is -1.88. The first-order valence-corrected chi connectivity index (χ1v) is 2.74. The second-order valence-electron chi connectivity index (χ2n) is 1.65. The molecule has 1 N–H and O–H groups in total. The fourth-order valence-corrected chi connectivity index (χ4v) is 0.395. The number of unbranched alkanes of at least 4 members (excludes halogenated alkanes) is 1. The summed E-state index contributed by atoms with van der Waals surface area (Å²) in [4.78, 5) is 9.60. The van der Waals surface area contributed by atoms with Crippen molar-refractivity contribution in [1.82, 2.24) is 0 Å². The summed E-state index contributed by atoms with van der Waals surface area (Å²) in [5, 5.41) is 8.48. The summed E-state index contributed by atoms with van der Waals surface area (Å²) >= 11 is 0. The minimum absolute atomic E-state index is 0.160. The molecule has 0 aromatic carbocycles. The van der Waals surface area contributed by atoms with Crippen molar-refractivity contribution in [3.63, 3.8) is 0 Å². The average molecular weight is 114 g/mol. The van der Waals surface area contributed by atoms with Crippen molar-refractivity contribution in [2.75, 3.05) is 0 Å². The molecule has 0 saturated heterocycles. The van der Waals surface area contributed by atoms with E-state index in [1.165, 1.54) is 5.94 Å². The number of rotatable bonds is 3. The monoisotopic (exact) mass is 114 g/mol. The molecule has 0 heterocycles. The van der Waals surface area contributed by atoms with Crippen LogP contribution < -0.4 is 0 Å². The summed E-state index contributed by atoms with van der Waals surface area (Å²) in [5.41, 5.74) is 0. The lowest BCUT2D eigenvalue weighted by molar-refractivity contribution is 0.384. The first-order valence-electron chi connectivity index (χ1n) is 2.74. The molecule has 46 valence electrons. The van der Waals surface area contributed by atoms with Crippen LogP contribution in [0.5, 0.6) is 0 Å². The molecule has 2 heteroatoms. The Morgan fingerprint density at radius 3 is 2.75 bits per heavy atom. The van der Waals surface area contributed by atoms with E-state index in [0.717, 1.165) is 12.8 Å². The molecule has 0 bridgehead atoms. The number of hydrogen-bond acceptors (Lipinski definition) is 2. The van der Waals surface area contributed by atoms with Gasteiger partial charge in [-0.2, -0.15) is 0 Å². The number of hydrogen-bond donors (Lipinski definition) is 1. The van der Waals surface area contributed by atoms with Crippen LogP contribution in [-0.2, 0) is 4.79 Å². The van der Waals surface area contributed by atoms with Crippen molar-refractivity contribution in [3.8, 4) is 0 Å². The second-order valence-corrected chi connectivity index (χ2v) is 1.65. The van der Waals surface area contributed by atoms with Gasteiger partial charge in [-0.25, -0.2) is 4.79 Å². The van der Waals surface area contributed by atoms with Gasteiger partial charge in [-0.1, -0.05) is 13.3 Å². The van der Waals surface area contributed by atoms with Crippen LogP contribution in [0.4, 0.5) is 0 Å². The van der Waals surface area contributed by atoms with E-state index >= 15 is 0 Å². The Balaban J connectivity index is 3.26. The van der Waals surface area contributed by atoms with Crippen LogP contribution >= 0.6 is 0 Å². The molecule has 0 spiro atoms. The standard InChI is InChI=1S/C6H10O2/c1-2-3-4-6(8)5-7/h8H,2-4H2,1H3. The van der Waals surface area contributed by atoms with Gasteiger partial charge in [-0.05, 0) is 6.42 Å².